The fourth-order valence-corrected chi connectivity index (χ4v) is 14.5. The van der Waals surface area contributed by atoms with Crippen LogP contribution in [0.5, 0.6) is 5.75 Å². The minimum atomic E-state index is -4.17. The summed E-state index contributed by atoms with van der Waals surface area (Å²) < 4.78 is 80.8. The quantitative estimate of drug-likeness (QED) is 0.00581. The number of benzene rings is 6. The number of ketones is 2. The largest absolute Gasteiger partial charge is 0.481 e. The molecule has 103 heavy (non-hydrogen) atoms. The minimum Gasteiger partial charge on any atom is -0.481 e. The van der Waals surface area contributed by atoms with Crippen LogP contribution in [0.1, 0.15) is 127 Å². The number of anilines is 1. The Labute approximate surface area is 600 Å². The molecular weight excluding hydrogens is 1360 g/mol. The van der Waals surface area contributed by atoms with Crippen LogP contribution >= 0.6 is 0 Å². The number of nitrogens with zero attached hydrogens (tertiary/aromatic N) is 2. The molecule has 23 nitrogen and oxygen atoms in total. The number of rotatable bonds is 41. The number of fused-ring (bicyclic) bond motifs is 6. The van der Waals surface area contributed by atoms with Gasteiger partial charge in [0, 0.05) is 92.7 Å². The van der Waals surface area contributed by atoms with Crippen molar-refractivity contribution in [2.45, 2.75) is 141 Å². The van der Waals surface area contributed by atoms with Gasteiger partial charge in [-0.2, -0.15) is 21.4 Å². The van der Waals surface area contributed by atoms with Gasteiger partial charge in [0.25, 0.3) is 20.2 Å². The average molecular weight is 1450 g/mol. The average Bonchev–Trinajstić information content (AvgIpc) is 1.58. The van der Waals surface area contributed by atoms with Gasteiger partial charge in [-0.25, -0.2) is 9.59 Å². The van der Waals surface area contributed by atoms with Crippen LogP contribution in [0, 0.1) is 5.92 Å². The van der Waals surface area contributed by atoms with Crippen LogP contribution in [0.3, 0.4) is 0 Å². The highest BCUT2D eigenvalue weighted by molar-refractivity contribution is 7.86. The molecule has 6 aromatic carbocycles. The van der Waals surface area contributed by atoms with Gasteiger partial charge in [-0.1, -0.05) is 123 Å². The normalized spacial score (nSPS) is 15.5. The zero-order valence-corrected chi connectivity index (χ0v) is 60.1. The van der Waals surface area contributed by atoms with Gasteiger partial charge in [0.05, 0.1) is 35.5 Å². The molecule has 0 fully saturated rings. The number of allylic oxidation sites excluding steroid dienone is 7. The van der Waals surface area contributed by atoms with E-state index >= 15 is 0 Å². The summed E-state index contributed by atoms with van der Waals surface area (Å²) in [6, 6.07) is 37.1. The Balaban J connectivity index is 0.980. The van der Waals surface area contributed by atoms with E-state index in [4.69, 9.17) is 14.6 Å². The van der Waals surface area contributed by atoms with Crippen LogP contribution in [0.25, 0.3) is 21.5 Å². The smallest absolute Gasteiger partial charge is 0.326 e. The molecular formula is C78H92N5O18S2+. The molecule has 548 valence electrons. The summed E-state index contributed by atoms with van der Waals surface area (Å²) in [6.45, 7) is 9.55. The third-order valence-electron chi connectivity index (χ3n) is 18.4. The number of carboxylic acid groups (broad SMARTS) is 3. The van der Waals surface area contributed by atoms with E-state index in [2.05, 4.69) is 102 Å². The molecule has 0 spiro atoms. The number of aliphatic carboxylic acids is 3. The molecule has 0 bridgehead atoms. The maximum absolute atomic E-state index is 14.2. The number of carbonyl (C=O) groups excluding carboxylic acids is 4. The molecule has 8 rings (SSSR count). The van der Waals surface area contributed by atoms with Crippen molar-refractivity contribution >= 4 is 100 Å². The first-order chi connectivity index (χ1) is 49.0. The highest BCUT2D eigenvalue weighted by atomic mass is 32.2. The highest BCUT2D eigenvalue weighted by Crippen LogP contribution is 2.51. The summed E-state index contributed by atoms with van der Waals surface area (Å²) in [5, 5.41) is 40.7. The molecule has 2 aliphatic heterocycles. The van der Waals surface area contributed by atoms with E-state index in [-0.39, 0.29) is 108 Å². The Morgan fingerprint density at radius 1 is 0.612 bits per heavy atom. The fourth-order valence-electron chi connectivity index (χ4n) is 13.3. The number of carbonyl (C=O) groups is 7. The molecule has 3 atom stereocenters. The summed E-state index contributed by atoms with van der Waals surface area (Å²) in [4.78, 5) is 90.0. The van der Waals surface area contributed by atoms with Gasteiger partial charge in [-0.05, 0) is 146 Å². The first-order valence-corrected chi connectivity index (χ1v) is 37.8. The van der Waals surface area contributed by atoms with E-state index in [1.54, 1.807) is 54.6 Å². The topological polar surface area (TPSA) is 350 Å². The number of nitrogens with one attached hydrogen (secondary N) is 3. The molecule has 25 heteroatoms. The van der Waals surface area contributed by atoms with E-state index in [0.717, 1.165) is 61.0 Å². The lowest BCUT2D eigenvalue weighted by Crippen LogP contribution is -2.46. The second-order valence-electron chi connectivity index (χ2n) is 26.9. The molecule has 3 amide bonds. The number of hydrogen-bond acceptors (Lipinski definition) is 14. The van der Waals surface area contributed by atoms with E-state index in [1.165, 1.54) is 0 Å². The van der Waals surface area contributed by atoms with Crippen LogP contribution in [-0.2, 0) is 77.4 Å². The summed E-state index contributed by atoms with van der Waals surface area (Å²) in [5.74, 6) is -6.03. The van der Waals surface area contributed by atoms with E-state index < -0.39 is 91.1 Å². The van der Waals surface area contributed by atoms with Crippen LogP contribution in [0.15, 0.2) is 175 Å². The lowest BCUT2D eigenvalue weighted by Gasteiger charge is -2.27. The Bertz CT molecular complexity index is 4470. The molecule has 6 aromatic rings. The first kappa shape index (κ1) is 79.0. The van der Waals surface area contributed by atoms with Crippen molar-refractivity contribution in [3.05, 3.63) is 198 Å². The second kappa shape index (κ2) is 36.5. The van der Waals surface area contributed by atoms with Crippen molar-refractivity contribution in [2.24, 2.45) is 5.92 Å². The van der Waals surface area contributed by atoms with Gasteiger partial charge in [-0.15, -0.1) is 0 Å². The molecule has 8 N–H and O–H groups in total. The first-order valence-electron chi connectivity index (χ1n) is 34.6. The van der Waals surface area contributed by atoms with Gasteiger partial charge < -0.3 is 45.6 Å². The van der Waals surface area contributed by atoms with E-state index in [0.29, 0.717) is 43.0 Å². The summed E-state index contributed by atoms with van der Waals surface area (Å²) in [5.41, 5.74) is 6.28. The molecule has 0 saturated carbocycles. The van der Waals surface area contributed by atoms with Crippen molar-refractivity contribution < 1.29 is 88.9 Å². The highest BCUT2D eigenvalue weighted by Gasteiger charge is 2.46. The molecule has 0 unspecified atom stereocenters. The van der Waals surface area contributed by atoms with Crippen molar-refractivity contribution in [3.63, 3.8) is 0 Å². The monoisotopic (exact) mass is 1450 g/mol. The number of unbranched alkanes of at least 4 members (excludes halogenated alkanes) is 2. The summed E-state index contributed by atoms with van der Waals surface area (Å²) in [6.07, 6.45) is 12.3. The van der Waals surface area contributed by atoms with Gasteiger partial charge in [0.15, 0.2) is 11.5 Å². The van der Waals surface area contributed by atoms with Crippen LogP contribution < -0.4 is 25.6 Å². The fraction of sp³-hybridized carbons (Fsp3) is 0.385. The summed E-state index contributed by atoms with van der Waals surface area (Å²) in [7, 11) is -8.35. The van der Waals surface area contributed by atoms with Crippen LogP contribution in [0.4, 0.5) is 16.2 Å². The van der Waals surface area contributed by atoms with Gasteiger partial charge >= 0.3 is 23.9 Å². The van der Waals surface area contributed by atoms with Gasteiger partial charge in [-0.3, -0.25) is 33.1 Å². The second-order valence-corrected chi connectivity index (χ2v) is 30.1. The lowest BCUT2D eigenvalue weighted by atomic mass is 9.79. The van der Waals surface area contributed by atoms with Crippen molar-refractivity contribution in [1.82, 2.24) is 16.0 Å². The maximum Gasteiger partial charge on any atom is 0.326 e. The van der Waals surface area contributed by atoms with Crippen molar-refractivity contribution in [2.75, 3.05) is 49.3 Å². The third-order valence-corrected chi connectivity index (χ3v) is 20.0. The number of ether oxygens (including phenoxy) is 2. The lowest BCUT2D eigenvalue weighted by molar-refractivity contribution is -0.438. The molecule has 0 saturated heterocycles. The SMILES string of the molecule is CC1(C)C(/C=C/C=C(/C=C/C=C2/N(CCCCS(=O)(=O)O)c3ccc4ccccc4c3C2(C)C)Oc2ccc(C[C@H](CC(=O)[C@H](Cc3ccccc3)NC(=O)CCOCCCC(=O)CC[C@H](NC(=O)NCCCC(=O)O)C(=O)O)C(=O)O)cc2)=[N+](CCCCS(=O)(=O)O)c2ccc3ccccc3c21. The predicted molar refractivity (Wildman–Crippen MR) is 394 cm³/mol. The van der Waals surface area contributed by atoms with Crippen LogP contribution in [-0.4, -0.2) is 149 Å². The Morgan fingerprint density at radius 2 is 1.25 bits per heavy atom. The molecule has 2 aliphatic rings. The van der Waals surface area contributed by atoms with Gasteiger partial charge in [0.2, 0.25) is 11.6 Å². The Morgan fingerprint density at radius 3 is 1.91 bits per heavy atom. The number of urea groups is 1. The number of hydrogen-bond donors (Lipinski definition) is 8. The number of amides is 3. The summed E-state index contributed by atoms with van der Waals surface area (Å²) >= 11 is 0. The third kappa shape index (κ3) is 22.9. The standard InChI is InChI=1S/C78H91N5O18S2/c1-77(2)68(82(44-12-14-48-102(94,95)96)65-40-34-55-22-8-10-27-61(55)72(65)77)29-16-25-59(26-17-30-69-78(3,4)73-62-28-11-9-23-56(62)35-41-66(73)83(69)45-13-15-49-103(97,98)99)101-60-37-32-54(33-38-60)50-57(74(89)90)52-67(85)64(51-53-20-6-5-7-21-53)80-70(86)42-47-100-46-19-24-58(84)36-39-63(75(91)92)81-76(93)79-43-18-31-71(87)88/h5-11,16-17,20-23,25-30,32-35,37-38,40-41,57,63-64H,12-15,18-19,24,31,36,39,42-52H2,1-4H3,(H7-,79,80,81,86,87,88,89,90,91,92,93,94,95,96,97,98,99)/p+1/t57-,63+,64+/m1/s1. The Hall–Kier alpha value is -9.66. The zero-order chi connectivity index (χ0) is 74.5. The van der Waals surface area contributed by atoms with Gasteiger partial charge in [0.1, 0.15) is 29.9 Å². The van der Waals surface area contributed by atoms with Crippen LogP contribution in [0.2, 0.25) is 0 Å². The molecule has 0 radical (unpaired) electrons. The Kier molecular flexibility index (Phi) is 28.0. The number of carboxylic acids is 3. The van der Waals surface area contributed by atoms with E-state index in [1.807, 2.05) is 60.7 Å². The van der Waals surface area contributed by atoms with E-state index in [9.17, 15) is 69.7 Å². The molecule has 0 aliphatic carbocycles. The van der Waals surface area contributed by atoms with Crippen molar-refractivity contribution in [3.8, 4) is 5.75 Å². The minimum absolute atomic E-state index is 0.0200. The molecule has 0 aromatic heterocycles. The maximum atomic E-state index is 14.2. The zero-order valence-electron chi connectivity index (χ0n) is 58.4. The molecule has 2 heterocycles. The number of Topliss-reactive ketones (excluding diaryl/α,β-unsaturated/α-hetero) is 2. The predicted octanol–water partition coefficient (Wildman–Crippen LogP) is 11.5. The van der Waals surface area contributed by atoms with Crippen molar-refractivity contribution in [1.29, 1.82) is 0 Å².